The molecule has 9 nitrogen and oxygen atoms in total. The molecule has 2 heterocycles. The molecular weight excluding hydrogens is 494 g/mol. The summed E-state index contributed by atoms with van der Waals surface area (Å²) in [6.45, 7) is 3.39. The first kappa shape index (κ1) is 24.7. The van der Waals surface area contributed by atoms with Gasteiger partial charge in [0.05, 0.1) is 34.6 Å². The number of fused-ring (bicyclic) bond motifs is 1. The molecule has 4 aromatic rings. The maximum atomic E-state index is 13.9. The van der Waals surface area contributed by atoms with Gasteiger partial charge < -0.3 is 9.80 Å². The van der Waals surface area contributed by atoms with Gasteiger partial charge in [-0.3, -0.25) is 24.0 Å². The number of rotatable bonds is 6. The fourth-order valence-electron chi connectivity index (χ4n) is 4.74. The van der Waals surface area contributed by atoms with E-state index in [-0.39, 0.29) is 18.8 Å². The minimum Gasteiger partial charge on any atom is -0.368 e. The van der Waals surface area contributed by atoms with Gasteiger partial charge in [-0.1, -0.05) is 54.1 Å². The summed E-state index contributed by atoms with van der Waals surface area (Å²) in [6.07, 6.45) is 0. The van der Waals surface area contributed by atoms with Crippen LogP contribution in [0.15, 0.2) is 76.3 Å². The topological polar surface area (TPSA) is 93.6 Å². The van der Waals surface area contributed by atoms with Gasteiger partial charge in [0, 0.05) is 43.3 Å². The number of nitrogens with zero attached hydrogens (tertiary/aromatic N) is 5. The van der Waals surface area contributed by atoms with Gasteiger partial charge in [-0.25, -0.2) is 4.79 Å². The third kappa shape index (κ3) is 5.00. The Morgan fingerprint density at radius 3 is 2.14 bits per heavy atom. The molecule has 3 aromatic carbocycles. The lowest BCUT2D eigenvalue weighted by Crippen LogP contribution is -2.46. The van der Waals surface area contributed by atoms with Gasteiger partial charge in [0.25, 0.3) is 11.2 Å². The van der Waals surface area contributed by atoms with E-state index >= 15 is 0 Å². The number of piperazine rings is 1. The second-order valence-electron chi connectivity index (χ2n) is 9.28. The van der Waals surface area contributed by atoms with Gasteiger partial charge in [0.1, 0.15) is 0 Å². The first-order valence-corrected chi connectivity index (χ1v) is 12.4. The quantitative estimate of drug-likeness (QED) is 0.285. The molecule has 0 spiro atoms. The smallest absolute Gasteiger partial charge is 0.332 e. The minimum absolute atomic E-state index is 0.00874. The highest BCUT2D eigenvalue weighted by atomic mass is 35.5. The predicted octanol–water partition coefficient (Wildman–Crippen LogP) is 3.57. The molecule has 0 unspecified atom stereocenters. The largest absolute Gasteiger partial charge is 0.368 e. The summed E-state index contributed by atoms with van der Waals surface area (Å²) in [5, 5.41) is 11.9. The SMILES string of the molecule is CN1CCN(c2cc(Cl)cc3c2c(=O)n(Cc2ccc([N+](=O)[O-])cc2)c(=O)n3Cc2ccccc2)CC1. The molecule has 0 aliphatic carbocycles. The third-order valence-electron chi connectivity index (χ3n) is 6.79. The van der Waals surface area contributed by atoms with E-state index in [9.17, 15) is 19.7 Å². The number of anilines is 1. The minimum atomic E-state index is -0.481. The number of aromatic nitrogens is 2. The van der Waals surface area contributed by atoms with E-state index in [2.05, 4.69) is 16.8 Å². The number of non-ortho nitro benzene ring substituents is 1. The van der Waals surface area contributed by atoms with E-state index in [1.807, 2.05) is 30.3 Å². The Bertz CT molecular complexity index is 1570. The van der Waals surface area contributed by atoms with Gasteiger partial charge in [-0.2, -0.15) is 0 Å². The molecule has 1 aliphatic heterocycles. The van der Waals surface area contributed by atoms with E-state index in [0.29, 0.717) is 27.2 Å². The lowest BCUT2D eigenvalue weighted by Gasteiger charge is -2.34. The average molecular weight is 520 g/mol. The molecule has 1 saturated heterocycles. The molecule has 0 radical (unpaired) electrons. The Kier molecular flexibility index (Phi) is 6.82. The molecule has 0 N–H and O–H groups in total. The fraction of sp³-hybridized carbons (Fsp3) is 0.259. The van der Waals surface area contributed by atoms with Crippen LogP contribution in [-0.2, 0) is 13.1 Å². The van der Waals surface area contributed by atoms with Crippen molar-refractivity contribution in [2.75, 3.05) is 38.1 Å². The fourth-order valence-corrected chi connectivity index (χ4v) is 4.95. The average Bonchev–Trinajstić information content (AvgIpc) is 2.90. The maximum absolute atomic E-state index is 13.9. The highest BCUT2D eigenvalue weighted by Crippen LogP contribution is 2.29. The Balaban J connectivity index is 1.72. The van der Waals surface area contributed by atoms with Crippen LogP contribution < -0.4 is 16.1 Å². The maximum Gasteiger partial charge on any atom is 0.332 e. The van der Waals surface area contributed by atoms with E-state index in [0.717, 1.165) is 31.7 Å². The summed E-state index contributed by atoms with van der Waals surface area (Å²) < 4.78 is 2.79. The summed E-state index contributed by atoms with van der Waals surface area (Å²) in [5.74, 6) is 0. The van der Waals surface area contributed by atoms with Crippen LogP contribution in [0.4, 0.5) is 11.4 Å². The van der Waals surface area contributed by atoms with Crippen molar-refractivity contribution in [1.82, 2.24) is 14.0 Å². The van der Waals surface area contributed by atoms with E-state index in [1.165, 1.54) is 16.7 Å². The second kappa shape index (κ2) is 10.2. The molecule has 0 saturated carbocycles. The number of nitro benzene ring substituents is 1. The number of hydrogen-bond donors (Lipinski definition) is 0. The monoisotopic (exact) mass is 519 g/mol. The van der Waals surface area contributed by atoms with Crippen LogP contribution in [0, 0.1) is 10.1 Å². The van der Waals surface area contributed by atoms with Gasteiger partial charge in [-0.05, 0) is 30.3 Å². The van der Waals surface area contributed by atoms with Crippen LogP contribution in [0.5, 0.6) is 0 Å². The van der Waals surface area contributed by atoms with Gasteiger partial charge in [-0.15, -0.1) is 0 Å². The molecule has 0 atom stereocenters. The summed E-state index contributed by atoms with van der Waals surface area (Å²) in [5.41, 5.74) is 1.79. The van der Waals surface area contributed by atoms with Gasteiger partial charge in [0.15, 0.2) is 0 Å². The number of likely N-dealkylation sites (N-methyl/N-ethyl adjacent to an activating group) is 1. The predicted molar refractivity (Wildman–Crippen MR) is 145 cm³/mol. The van der Waals surface area contributed by atoms with E-state index in [1.54, 1.807) is 28.8 Å². The standard InChI is InChI=1S/C27H26ClN5O4/c1-29-11-13-30(14-12-29)23-15-21(28)16-24-25(23)26(34)32(18-20-7-9-22(10-8-20)33(36)37)27(35)31(24)17-19-5-3-2-4-6-19/h2-10,15-16H,11-14,17-18H2,1H3. The Labute approximate surface area is 217 Å². The van der Waals surface area contributed by atoms with Crippen molar-refractivity contribution < 1.29 is 4.92 Å². The van der Waals surface area contributed by atoms with Crippen molar-refractivity contribution in [1.29, 1.82) is 0 Å². The Morgan fingerprint density at radius 2 is 1.49 bits per heavy atom. The molecule has 1 fully saturated rings. The molecule has 37 heavy (non-hydrogen) atoms. The third-order valence-corrected chi connectivity index (χ3v) is 7.01. The number of nitro groups is 1. The van der Waals surface area contributed by atoms with Crippen molar-refractivity contribution in [3.05, 3.63) is 114 Å². The van der Waals surface area contributed by atoms with Crippen molar-refractivity contribution in [3.8, 4) is 0 Å². The normalized spacial score (nSPS) is 14.3. The Hall–Kier alpha value is -3.95. The molecule has 1 aliphatic rings. The number of hydrogen-bond acceptors (Lipinski definition) is 6. The van der Waals surface area contributed by atoms with Crippen molar-refractivity contribution in [3.63, 3.8) is 0 Å². The highest BCUT2D eigenvalue weighted by molar-refractivity contribution is 6.31. The molecule has 190 valence electrons. The summed E-state index contributed by atoms with van der Waals surface area (Å²) in [6, 6.07) is 18.9. The lowest BCUT2D eigenvalue weighted by molar-refractivity contribution is -0.384. The van der Waals surface area contributed by atoms with Crippen LogP contribution in [0.1, 0.15) is 11.1 Å². The molecular formula is C27H26ClN5O4. The summed E-state index contributed by atoms with van der Waals surface area (Å²) in [7, 11) is 2.06. The molecule has 5 rings (SSSR count). The first-order valence-electron chi connectivity index (χ1n) is 12.0. The second-order valence-corrected chi connectivity index (χ2v) is 9.71. The molecule has 10 heteroatoms. The van der Waals surface area contributed by atoms with Crippen LogP contribution >= 0.6 is 11.6 Å². The number of benzene rings is 3. The van der Waals surface area contributed by atoms with Crippen LogP contribution in [0.2, 0.25) is 5.02 Å². The molecule has 1 aromatic heterocycles. The zero-order valence-electron chi connectivity index (χ0n) is 20.3. The van der Waals surface area contributed by atoms with Gasteiger partial charge in [0.2, 0.25) is 0 Å². The summed E-state index contributed by atoms with van der Waals surface area (Å²) >= 11 is 6.54. The Morgan fingerprint density at radius 1 is 0.865 bits per heavy atom. The lowest BCUT2D eigenvalue weighted by atomic mass is 10.1. The van der Waals surface area contributed by atoms with E-state index in [4.69, 9.17) is 11.6 Å². The van der Waals surface area contributed by atoms with Crippen LogP contribution in [0.3, 0.4) is 0 Å². The first-order chi connectivity index (χ1) is 17.8. The van der Waals surface area contributed by atoms with Crippen molar-refractivity contribution in [2.24, 2.45) is 0 Å². The highest BCUT2D eigenvalue weighted by Gasteiger charge is 2.23. The van der Waals surface area contributed by atoms with Crippen molar-refractivity contribution in [2.45, 2.75) is 13.1 Å². The van der Waals surface area contributed by atoms with Crippen LogP contribution in [0.25, 0.3) is 10.9 Å². The number of halogens is 1. The molecule has 0 amide bonds. The zero-order chi connectivity index (χ0) is 26.1. The van der Waals surface area contributed by atoms with E-state index < -0.39 is 16.2 Å². The zero-order valence-corrected chi connectivity index (χ0v) is 21.1. The summed E-state index contributed by atoms with van der Waals surface area (Å²) in [4.78, 5) is 42.7. The van der Waals surface area contributed by atoms with Gasteiger partial charge >= 0.3 is 5.69 Å². The van der Waals surface area contributed by atoms with Crippen LogP contribution in [-0.4, -0.2) is 52.2 Å². The van der Waals surface area contributed by atoms with Crippen molar-refractivity contribution >= 4 is 33.9 Å². The molecule has 0 bridgehead atoms.